The zero-order valence-electron chi connectivity index (χ0n) is 9.75. The van der Waals surface area contributed by atoms with Crippen LogP contribution in [-0.2, 0) is 0 Å². The average Bonchev–Trinajstić information content (AvgIpc) is 2.17. The monoisotopic (exact) mass is 223 g/mol. The van der Waals surface area contributed by atoms with E-state index in [1.54, 1.807) is 6.07 Å². The minimum Gasteiger partial charge on any atom is -0.327 e. The molecule has 1 aromatic rings. The number of nitro groups is 1. The Morgan fingerprint density at radius 1 is 1.38 bits per heavy atom. The van der Waals surface area contributed by atoms with Crippen molar-refractivity contribution >= 4 is 5.69 Å². The summed E-state index contributed by atoms with van der Waals surface area (Å²) < 4.78 is 0. The second kappa shape index (κ2) is 5.03. The first-order chi connectivity index (χ1) is 7.43. The van der Waals surface area contributed by atoms with Gasteiger partial charge in [-0.25, -0.2) is 0 Å². The summed E-state index contributed by atoms with van der Waals surface area (Å²) in [6, 6.07) is 3.14. The van der Waals surface area contributed by atoms with Crippen LogP contribution in [-0.4, -0.2) is 15.9 Å². The van der Waals surface area contributed by atoms with Gasteiger partial charge in [-0.05, 0) is 18.9 Å². The molecule has 0 aliphatic carbocycles. The number of rotatable bonds is 4. The Hall–Kier alpha value is -1.49. The molecule has 88 valence electrons. The van der Waals surface area contributed by atoms with Crippen LogP contribution in [0.25, 0.3) is 0 Å². The van der Waals surface area contributed by atoms with Crippen LogP contribution >= 0.6 is 0 Å². The molecular weight excluding hydrogens is 206 g/mol. The van der Waals surface area contributed by atoms with E-state index in [4.69, 9.17) is 5.73 Å². The van der Waals surface area contributed by atoms with Gasteiger partial charge in [-0.2, -0.15) is 0 Å². The maximum absolute atomic E-state index is 10.5. The van der Waals surface area contributed by atoms with Gasteiger partial charge in [0.2, 0.25) is 0 Å². The van der Waals surface area contributed by atoms with E-state index >= 15 is 0 Å². The molecule has 0 aliphatic rings. The predicted octanol–water partition coefficient (Wildman–Crippen LogP) is 2.08. The molecule has 1 rings (SSSR count). The minimum absolute atomic E-state index is 0.0101. The molecule has 0 aromatic carbocycles. The molecule has 0 saturated carbocycles. The minimum atomic E-state index is -0.451. The van der Waals surface area contributed by atoms with Gasteiger partial charge in [0.25, 0.3) is 5.69 Å². The summed E-state index contributed by atoms with van der Waals surface area (Å²) in [6.45, 7) is 6.06. The van der Waals surface area contributed by atoms with E-state index in [1.807, 2.05) is 6.92 Å². The average molecular weight is 223 g/mol. The van der Waals surface area contributed by atoms with Gasteiger partial charge in [0.15, 0.2) is 0 Å². The van der Waals surface area contributed by atoms with E-state index in [1.165, 1.54) is 12.3 Å². The molecule has 0 amide bonds. The van der Waals surface area contributed by atoms with Crippen LogP contribution in [0.2, 0.25) is 0 Å². The van der Waals surface area contributed by atoms with Gasteiger partial charge >= 0.3 is 0 Å². The van der Waals surface area contributed by atoms with E-state index in [9.17, 15) is 10.1 Å². The first-order valence-corrected chi connectivity index (χ1v) is 5.29. The van der Waals surface area contributed by atoms with Crippen LogP contribution in [0.3, 0.4) is 0 Å². The number of hydrogen-bond acceptors (Lipinski definition) is 4. The van der Waals surface area contributed by atoms with Crippen molar-refractivity contribution in [3.8, 4) is 0 Å². The quantitative estimate of drug-likeness (QED) is 0.625. The summed E-state index contributed by atoms with van der Waals surface area (Å²) in [5, 5.41) is 10.5. The van der Waals surface area contributed by atoms with Crippen molar-refractivity contribution < 1.29 is 4.92 Å². The normalized spacial score (nSPS) is 14.8. The Bertz CT molecular complexity index is 352. The summed E-state index contributed by atoms with van der Waals surface area (Å²) in [5.74, 6) is 0.481. The molecule has 0 aliphatic heterocycles. The fourth-order valence-electron chi connectivity index (χ4n) is 1.92. The smallest absolute Gasteiger partial charge is 0.287 e. The molecule has 0 bridgehead atoms. The Morgan fingerprint density at radius 3 is 2.31 bits per heavy atom. The van der Waals surface area contributed by atoms with Crippen LogP contribution in [0, 0.1) is 16.0 Å². The lowest BCUT2D eigenvalue weighted by Crippen LogP contribution is -2.29. The molecule has 1 heterocycles. The highest BCUT2D eigenvalue weighted by atomic mass is 16.6. The lowest BCUT2D eigenvalue weighted by atomic mass is 9.86. The number of nitrogens with two attached hydrogens (primary N) is 1. The van der Waals surface area contributed by atoms with Crippen LogP contribution in [0.1, 0.15) is 32.4 Å². The molecular formula is C11H17N3O2. The van der Waals surface area contributed by atoms with Crippen molar-refractivity contribution in [3.63, 3.8) is 0 Å². The highest BCUT2D eigenvalue weighted by molar-refractivity contribution is 5.28. The predicted molar refractivity (Wildman–Crippen MR) is 62.1 cm³/mol. The summed E-state index contributed by atoms with van der Waals surface area (Å²) in [6.07, 6.45) is 1.28. The van der Waals surface area contributed by atoms with Gasteiger partial charge in [0.05, 0.1) is 4.92 Å². The Kier molecular flexibility index (Phi) is 3.95. The molecule has 5 nitrogen and oxygen atoms in total. The van der Waals surface area contributed by atoms with Gasteiger partial charge in [-0.3, -0.25) is 15.1 Å². The summed E-state index contributed by atoms with van der Waals surface area (Å²) >= 11 is 0. The van der Waals surface area contributed by atoms with Gasteiger partial charge in [-0.1, -0.05) is 13.8 Å². The Morgan fingerprint density at radius 2 is 2.00 bits per heavy atom. The molecule has 0 spiro atoms. The molecule has 0 saturated heterocycles. The summed E-state index contributed by atoms with van der Waals surface area (Å²) in [4.78, 5) is 14.2. The van der Waals surface area contributed by atoms with E-state index in [0.717, 1.165) is 5.69 Å². The molecule has 0 fully saturated rings. The van der Waals surface area contributed by atoms with E-state index < -0.39 is 4.92 Å². The first-order valence-electron chi connectivity index (χ1n) is 5.29. The first kappa shape index (κ1) is 12.6. The highest BCUT2D eigenvalue weighted by Gasteiger charge is 2.21. The van der Waals surface area contributed by atoms with Gasteiger partial charge < -0.3 is 5.73 Å². The zero-order valence-corrected chi connectivity index (χ0v) is 9.75. The van der Waals surface area contributed by atoms with Gasteiger partial charge in [0.1, 0.15) is 6.20 Å². The maximum Gasteiger partial charge on any atom is 0.287 e. The Balaban J connectivity index is 2.99. The van der Waals surface area contributed by atoms with Gasteiger partial charge in [0, 0.05) is 23.7 Å². The fraction of sp³-hybridized carbons (Fsp3) is 0.545. The third kappa shape index (κ3) is 2.76. The zero-order chi connectivity index (χ0) is 12.3. The van der Waals surface area contributed by atoms with Crippen LogP contribution in [0.4, 0.5) is 5.69 Å². The number of pyridine rings is 1. The van der Waals surface area contributed by atoms with Crippen LogP contribution in [0.15, 0.2) is 18.3 Å². The Labute approximate surface area is 94.8 Å². The standard InChI is InChI=1S/C11H17N3O2/c1-7(2)11(8(3)12)10-5-4-9(6-13-10)14(15)16/h4-8,11H,12H2,1-3H3. The number of nitrogens with zero attached hydrogens (tertiary/aromatic N) is 2. The van der Waals surface area contributed by atoms with Crippen molar-refractivity contribution in [2.75, 3.05) is 0 Å². The summed E-state index contributed by atoms with van der Waals surface area (Å²) in [7, 11) is 0. The number of hydrogen-bond donors (Lipinski definition) is 1. The SMILES string of the molecule is CC(C)C(c1ccc([N+](=O)[O-])cn1)C(C)N. The molecule has 2 atom stereocenters. The molecule has 5 heteroatoms. The second-order valence-electron chi connectivity index (χ2n) is 4.33. The van der Waals surface area contributed by atoms with Crippen molar-refractivity contribution in [2.45, 2.75) is 32.7 Å². The molecule has 1 aromatic heterocycles. The molecule has 0 radical (unpaired) electrons. The topological polar surface area (TPSA) is 82.0 Å². The second-order valence-corrected chi connectivity index (χ2v) is 4.33. The molecule has 2 unspecified atom stereocenters. The lowest BCUT2D eigenvalue weighted by molar-refractivity contribution is -0.385. The van der Waals surface area contributed by atoms with Crippen molar-refractivity contribution in [1.82, 2.24) is 4.98 Å². The van der Waals surface area contributed by atoms with Crippen molar-refractivity contribution in [1.29, 1.82) is 0 Å². The highest BCUT2D eigenvalue weighted by Crippen LogP contribution is 2.26. The maximum atomic E-state index is 10.5. The van der Waals surface area contributed by atoms with E-state index in [2.05, 4.69) is 18.8 Å². The largest absolute Gasteiger partial charge is 0.327 e. The third-order valence-electron chi connectivity index (χ3n) is 2.61. The molecule has 2 N–H and O–H groups in total. The van der Waals surface area contributed by atoms with Crippen molar-refractivity contribution in [3.05, 3.63) is 34.1 Å². The van der Waals surface area contributed by atoms with Crippen molar-refractivity contribution in [2.24, 2.45) is 11.7 Å². The molecule has 16 heavy (non-hydrogen) atoms. The van der Waals surface area contributed by atoms with E-state index in [0.29, 0.717) is 5.92 Å². The number of aromatic nitrogens is 1. The van der Waals surface area contributed by atoms with Gasteiger partial charge in [-0.15, -0.1) is 0 Å². The van der Waals surface area contributed by atoms with Crippen LogP contribution in [0.5, 0.6) is 0 Å². The summed E-state index contributed by atoms with van der Waals surface area (Å²) in [5.41, 5.74) is 6.72. The van der Waals surface area contributed by atoms with Crippen LogP contribution < -0.4 is 5.73 Å². The van der Waals surface area contributed by atoms with E-state index in [-0.39, 0.29) is 17.6 Å². The third-order valence-corrected chi connectivity index (χ3v) is 2.61. The lowest BCUT2D eigenvalue weighted by Gasteiger charge is -2.23. The fourth-order valence-corrected chi connectivity index (χ4v) is 1.92.